The molecular weight excluding hydrogens is 370 g/mol. The number of furan rings is 1. The van der Waals surface area contributed by atoms with Gasteiger partial charge in [-0.1, -0.05) is 50.6 Å². The Bertz CT molecular complexity index is 1380. The van der Waals surface area contributed by atoms with E-state index in [9.17, 15) is 0 Å². The minimum atomic E-state index is 0.405. The highest BCUT2D eigenvalue weighted by Gasteiger charge is 2.40. The summed E-state index contributed by atoms with van der Waals surface area (Å²) < 4.78 is 8.53. The molecular formula is C26H25N3O. The fraction of sp³-hybridized carbons (Fsp3) is 0.269. The van der Waals surface area contributed by atoms with Gasteiger partial charge in [0.1, 0.15) is 11.2 Å². The van der Waals surface area contributed by atoms with E-state index in [-0.39, 0.29) is 0 Å². The van der Waals surface area contributed by atoms with Gasteiger partial charge < -0.3 is 13.9 Å². The molecule has 2 unspecified atom stereocenters. The van der Waals surface area contributed by atoms with Crippen LogP contribution in [0.4, 0.5) is 11.6 Å². The van der Waals surface area contributed by atoms with Gasteiger partial charge >= 0.3 is 0 Å². The van der Waals surface area contributed by atoms with Gasteiger partial charge in [0, 0.05) is 16.5 Å². The van der Waals surface area contributed by atoms with Crippen LogP contribution in [0.15, 0.2) is 71.1 Å². The van der Waals surface area contributed by atoms with Crippen molar-refractivity contribution in [2.75, 3.05) is 4.90 Å². The van der Waals surface area contributed by atoms with Crippen molar-refractivity contribution in [3.63, 3.8) is 0 Å². The minimum Gasteiger partial charge on any atom is -0.456 e. The molecule has 1 aliphatic rings. The molecule has 0 radical (unpaired) electrons. The average molecular weight is 396 g/mol. The lowest BCUT2D eigenvalue weighted by Gasteiger charge is -2.28. The lowest BCUT2D eigenvalue weighted by atomic mass is 10.00. The Kier molecular flexibility index (Phi) is 3.88. The van der Waals surface area contributed by atoms with Crippen LogP contribution < -0.4 is 4.90 Å². The number of hydrogen-bond acceptors (Lipinski definition) is 3. The summed E-state index contributed by atoms with van der Waals surface area (Å²) in [6.07, 6.45) is 3.38. The van der Waals surface area contributed by atoms with Gasteiger partial charge in [0.2, 0.25) is 5.95 Å². The molecule has 30 heavy (non-hydrogen) atoms. The van der Waals surface area contributed by atoms with Crippen LogP contribution in [0.5, 0.6) is 0 Å². The van der Waals surface area contributed by atoms with Crippen molar-refractivity contribution in [2.45, 2.75) is 45.2 Å². The topological polar surface area (TPSA) is 34.2 Å². The number of anilines is 2. The van der Waals surface area contributed by atoms with Crippen molar-refractivity contribution < 1.29 is 4.42 Å². The summed E-state index contributed by atoms with van der Waals surface area (Å²) in [7, 11) is 0. The van der Waals surface area contributed by atoms with E-state index in [0.29, 0.717) is 12.1 Å². The van der Waals surface area contributed by atoms with E-state index in [2.05, 4.69) is 77.9 Å². The number of fused-ring (bicyclic) bond motifs is 6. The second-order valence-electron chi connectivity index (χ2n) is 8.25. The highest BCUT2D eigenvalue weighted by Crippen LogP contribution is 2.46. The summed E-state index contributed by atoms with van der Waals surface area (Å²) in [5.74, 6) is 1.06. The van der Waals surface area contributed by atoms with Crippen molar-refractivity contribution in [1.29, 1.82) is 0 Å². The number of rotatable bonds is 4. The Morgan fingerprint density at radius 1 is 0.867 bits per heavy atom. The second-order valence-corrected chi connectivity index (χ2v) is 8.25. The fourth-order valence-electron chi connectivity index (χ4n) is 5.26. The van der Waals surface area contributed by atoms with E-state index >= 15 is 0 Å². The Hall–Kier alpha value is -3.27. The number of aromatic nitrogens is 2. The molecule has 2 atom stereocenters. The molecule has 3 aromatic carbocycles. The van der Waals surface area contributed by atoms with E-state index in [1.807, 2.05) is 12.1 Å². The van der Waals surface area contributed by atoms with Crippen molar-refractivity contribution in [3.8, 4) is 0 Å². The van der Waals surface area contributed by atoms with Gasteiger partial charge in [0.25, 0.3) is 0 Å². The maximum Gasteiger partial charge on any atom is 0.211 e. The van der Waals surface area contributed by atoms with E-state index in [1.165, 1.54) is 22.0 Å². The Labute approximate surface area is 175 Å². The predicted octanol–water partition coefficient (Wildman–Crippen LogP) is 7.21. The van der Waals surface area contributed by atoms with Crippen molar-refractivity contribution >= 4 is 44.6 Å². The molecule has 150 valence electrons. The van der Waals surface area contributed by atoms with Gasteiger partial charge in [-0.3, -0.25) is 0 Å². The smallest absolute Gasteiger partial charge is 0.211 e. The zero-order valence-corrected chi connectivity index (χ0v) is 17.4. The lowest BCUT2D eigenvalue weighted by molar-refractivity contribution is 0.431. The summed E-state index contributed by atoms with van der Waals surface area (Å²) in [6.45, 7) is 4.57. The maximum absolute atomic E-state index is 6.06. The first-order chi connectivity index (χ1) is 14.8. The van der Waals surface area contributed by atoms with Gasteiger partial charge in [-0.05, 0) is 49.2 Å². The van der Waals surface area contributed by atoms with Gasteiger partial charge in [-0.15, -0.1) is 0 Å². The monoisotopic (exact) mass is 395 g/mol. The van der Waals surface area contributed by atoms with Gasteiger partial charge in [0.05, 0.1) is 23.1 Å². The van der Waals surface area contributed by atoms with Crippen LogP contribution in [0.3, 0.4) is 0 Å². The molecule has 0 saturated heterocycles. The Morgan fingerprint density at radius 3 is 2.53 bits per heavy atom. The third-order valence-corrected chi connectivity index (χ3v) is 6.54. The molecule has 0 saturated carbocycles. The first-order valence-electron chi connectivity index (χ1n) is 11.0. The normalized spacial score (nSPS) is 18.7. The van der Waals surface area contributed by atoms with Crippen LogP contribution in [-0.4, -0.2) is 15.6 Å². The molecule has 3 heterocycles. The summed E-state index contributed by atoms with van der Waals surface area (Å²) in [5.41, 5.74) is 5.38. The molecule has 2 aromatic heterocycles. The zero-order chi connectivity index (χ0) is 20.2. The highest BCUT2D eigenvalue weighted by atomic mass is 16.3. The third-order valence-electron chi connectivity index (χ3n) is 6.54. The maximum atomic E-state index is 6.06. The molecule has 0 aliphatic carbocycles. The molecule has 5 aromatic rings. The Balaban J connectivity index is 1.59. The lowest BCUT2D eigenvalue weighted by Crippen LogP contribution is -2.31. The largest absolute Gasteiger partial charge is 0.456 e. The summed E-state index contributed by atoms with van der Waals surface area (Å²) in [6, 6.07) is 24.2. The third kappa shape index (κ3) is 2.37. The van der Waals surface area contributed by atoms with Crippen LogP contribution >= 0.6 is 0 Å². The molecule has 4 heteroatoms. The molecule has 6 rings (SSSR count). The SMILES string of the molecule is CCCC1C(CC)n2c(nc3ccccc32)N1c1ccc2oc3ccccc3c2c1. The molecule has 0 amide bonds. The molecule has 0 N–H and O–H groups in total. The van der Waals surface area contributed by atoms with E-state index < -0.39 is 0 Å². The van der Waals surface area contributed by atoms with Crippen molar-refractivity contribution in [1.82, 2.24) is 9.55 Å². The van der Waals surface area contributed by atoms with Crippen LogP contribution in [0, 0.1) is 0 Å². The molecule has 0 spiro atoms. The first-order valence-corrected chi connectivity index (χ1v) is 11.0. The predicted molar refractivity (Wildman–Crippen MR) is 124 cm³/mol. The average Bonchev–Trinajstić information content (AvgIpc) is 3.42. The van der Waals surface area contributed by atoms with Crippen LogP contribution in [0.2, 0.25) is 0 Å². The van der Waals surface area contributed by atoms with Crippen LogP contribution in [0.25, 0.3) is 33.0 Å². The molecule has 4 nitrogen and oxygen atoms in total. The summed E-state index contributed by atoms with van der Waals surface area (Å²) >= 11 is 0. The van der Waals surface area contributed by atoms with Gasteiger partial charge in [0.15, 0.2) is 0 Å². The Morgan fingerprint density at radius 2 is 1.67 bits per heavy atom. The summed E-state index contributed by atoms with van der Waals surface area (Å²) in [4.78, 5) is 7.55. The second kappa shape index (κ2) is 6.63. The molecule has 0 bridgehead atoms. The van der Waals surface area contributed by atoms with Crippen LogP contribution in [0.1, 0.15) is 39.2 Å². The van der Waals surface area contributed by atoms with Crippen LogP contribution in [-0.2, 0) is 0 Å². The number of benzene rings is 3. The molecule has 1 aliphatic heterocycles. The quantitative estimate of drug-likeness (QED) is 0.322. The van der Waals surface area contributed by atoms with E-state index in [1.54, 1.807) is 0 Å². The van der Waals surface area contributed by atoms with Crippen molar-refractivity contribution in [3.05, 3.63) is 66.7 Å². The summed E-state index contributed by atoms with van der Waals surface area (Å²) in [5, 5.41) is 2.34. The molecule has 0 fully saturated rings. The van der Waals surface area contributed by atoms with Gasteiger partial charge in [-0.2, -0.15) is 0 Å². The highest BCUT2D eigenvalue weighted by molar-refractivity contribution is 6.06. The number of imidazole rings is 1. The van der Waals surface area contributed by atoms with E-state index in [0.717, 1.165) is 41.9 Å². The first kappa shape index (κ1) is 17.6. The fourth-order valence-corrected chi connectivity index (χ4v) is 5.26. The zero-order valence-electron chi connectivity index (χ0n) is 17.4. The van der Waals surface area contributed by atoms with Crippen molar-refractivity contribution in [2.24, 2.45) is 0 Å². The minimum absolute atomic E-state index is 0.405. The van der Waals surface area contributed by atoms with Gasteiger partial charge in [-0.25, -0.2) is 4.98 Å². The number of para-hydroxylation sites is 3. The van der Waals surface area contributed by atoms with E-state index in [4.69, 9.17) is 9.40 Å². The number of hydrogen-bond donors (Lipinski definition) is 0. The number of nitrogens with zero attached hydrogens (tertiary/aromatic N) is 3. The standard InChI is InChI=1S/C26H25N3O/c1-3-9-23-21(4-2)29-22-12-7-6-11-20(22)27-26(29)28(23)17-14-15-25-19(16-17)18-10-5-8-13-24(18)30-25/h5-8,10-16,21,23H,3-4,9H2,1-2H3.